The number of amides is 1. The molecule has 0 spiro atoms. The number of anilines is 3. The second-order valence-corrected chi connectivity index (χ2v) is 9.89. The molecule has 0 bridgehead atoms. The van der Waals surface area contributed by atoms with E-state index in [9.17, 15) is 18.0 Å². The highest BCUT2D eigenvalue weighted by molar-refractivity contribution is 7.12. The van der Waals surface area contributed by atoms with Crippen LogP contribution in [0.5, 0.6) is 0 Å². The minimum Gasteiger partial charge on any atom is -0.342 e. The maximum absolute atomic E-state index is 13.0. The Hall–Kier alpha value is -4.00. The van der Waals surface area contributed by atoms with E-state index in [4.69, 9.17) is 0 Å². The van der Waals surface area contributed by atoms with Crippen LogP contribution in [-0.4, -0.2) is 36.9 Å². The van der Waals surface area contributed by atoms with E-state index in [1.807, 2.05) is 13.8 Å². The van der Waals surface area contributed by atoms with Gasteiger partial charge in [-0.1, -0.05) is 0 Å². The van der Waals surface area contributed by atoms with E-state index in [1.54, 1.807) is 48.5 Å². The summed E-state index contributed by atoms with van der Waals surface area (Å²) in [6, 6.07) is 6.54. The van der Waals surface area contributed by atoms with Crippen molar-refractivity contribution in [2.75, 3.05) is 10.6 Å². The lowest BCUT2D eigenvalue weighted by molar-refractivity contribution is -0.100. The van der Waals surface area contributed by atoms with Crippen LogP contribution in [0.3, 0.4) is 0 Å². The molecule has 0 fully saturated rings. The maximum Gasteiger partial charge on any atom is 0.483 e. The standard InChI is InChI=1S/C23H21F3N8OS/c1-22(2)19-14(20(35)33-22)9-15(36-19)18(12-4-6-27-16(8-12)32-23(24,25)26)13-10-28-21(29-11-13)31-17-5-7-30-34(17)3/h4-11,18H,1-3H3,(H,27,32)(H,33,35)(H,28,29,31). The molecular weight excluding hydrogens is 493 g/mol. The van der Waals surface area contributed by atoms with Gasteiger partial charge in [-0.05, 0) is 37.6 Å². The van der Waals surface area contributed by atoms with Crippen LogP contribution in [-0.2, 0) is 12.6 Å². The first-order valence-corrected chi connectivity index (χ1v) is 11.7. The summed E-state index contributed by atoms with van der Waals surface area (Å²) in [5.74, 6) is -0.00429. The Morgan fingerprint density at radius 1 is 1.08 bits per heavy atom. The Bertz CT molecular complexity index is 1430. The molecular formula is C23H21F3N8OS. The highest BCUT2D eigenvalue weighted by Crippen LogP contribution is 2.43. The van der Waals surface area contributed by atoms with Crippen molar-refractivity contribution in [1.82, 2.24) is 30.0 Å². The molecule has 5 heterocycles. The van der Waals surface area contributed by atoms with Crippen molar-refractivity contribution in [3.63, 3.8) is 0 Å². The van der Waals surface area contributed by atoms with Gasteiger partial charge in [0.15, 0.2) is 0 Å². The summed E-state index contributed by atoms with van der Waals surface area (Å²) in [5, 5.41) is 11.5. The van der Waals surface area contributed by atoms with Crippen molar-refractivity contribution < 1.29 is 18.0 Å². The van der Waals surface area contributed by atoms with E-state index in [2.05, 4.69) is 30.7 Å². The van der Waals surface area contributed by atoms with Gasteiger partial charge < -0.3 is 10.6 Å². The van der Waals surface area contributed by atoms with Gasteiger partial charge in [0, 0.05) is 52.9 Å². The maximum atomic E-state index is 13.0. The molecule has 1 atom stereocenters. The molecule has 36 heavy (non-hydrogen) atoms. The van der Waals surface area contributed by atoms with E-state index in [0.29, 0.717) is 28.5 Å². The van der Waals surface area contributed by atoms with E-state index in [1.165, 1.54) is 28.9 Å². The van der Waals surface area contributed by atoms with Crippen LogP contribution in [0.2, 0.25) is 0 Å². The number of carbonyl (C=O) groups is 1. The first-order valence-electron chi connectivity index (χ1n) is 10.8. The second-order valence-electron chi connectivity index (χ2n) is 8.81. The van der Waals surface area contributed by atoms with E-state index < -0.39 is 17.8 Å². The number of hydrogen-bond acceptors (Lipinski definition) is 8. The number of halogens is 3. The zero-order valence-corrected chi connectivity index (χ0v) is 20.2. The lowest BCUT2D eigenvalue weighted by Gasteiger charge is -2.20. The molecule has 1 amide bonds. The molecule has 1 aliphatic rings. The summed E-state index contributed by atoms with van der Waals surface area (Å²) in [6.07, 6.45) is 1.55. The number of pyridine rings is 1. The van der Waals surface area contributed by atoms with Crippen molar-refractivity contribution >= 4 is 34.8 Å². The molecule has 0 aliphatic carbocycles. The first-order chi connectivity index (χ1) is 17.0. The number of nitrogens with one attached hydrogen (secondary N) is 3. The number of carbonyl (C=O) groups excluding carboxylic acids is 1. The van der Waals surface area contributed by atoms with Crippen LogP contribution in [0.4, 0.5) is 30.8 Å². The van der Waals surface area contributed by atoms with Crippen molar-refractivity contribution in [1.29, 1.82) is 0 Å². The van der Waals surface area contributed by atoms with Crippen LogP contribution in [0, 0.1) is 0 Å². The summed E-state index contributed by atoms with van der Waals surface area (Å²) < 4.78 is 40.5. The number of nitrogens with zero attached hydrogens (tertiary/aromatic N) is 5. The fourth-order valence-electron chi connectivity index (χ4n) is 4.12. The van der Waals surface area contributed by atoms with Crippen LogP contribution in [0.15, 0.2) is 49.1 Å². The van der Waals surface area contributed by atoms with Gasteiger partial charge in [0.25, 0.3) is 5.91 Å². The summed E-state index contributed by atoms with van der Waals surface area (Å²) in [7, 11) is 1.77. The molecule has 4 aromatic rings. The van der Waals surface area contributed by atoms with Gasteiger partial charge in [-0.15, -0.1) is 11.3 Å². The number of fused-ring (bicyclic) bond motifs is 1. The van der Waals surface area contributed by atoms with E-state index in [0.717, 1.165) is 9.75 Å². The van der Waals surface area contributed by atoms with Gasteiger partial charge >= 0.3 is 6.30 Å². The molecule has 0 saturated carbocycles. The molecule has 0 aromatic carbocycles. The highest BCUT2D eigenvalue weighted by Gasteiger charge is 2.39. The molecule has 0 radical (unpaired) electrons. The number of hydrogen-bond donors (Lipinski definition) is 3. The normalized spacial score (nSPS) is 15.3. The van der Waals surface area contributed by atoms with E-state index in [-0.39, 0.29) is 11.7 Å². The number of alkyl halides is 3. The largest absolute Gasteiger partial charge is 0.483 e. The number of thiophene rings is 1. The molecule has 3 N–H and O–H groups in total. The first kappa shape index (κ1) is 23.7. The van der Waals surface area contributed by atoms with Gasteiger partial charge in [0.2, 0.25) is 5.95 Å². The molecule has 9 nitrogen and oxygen atoms in total. The molecule has 0 saturated heterocycles. The lowest BCUT2D eigenvalue weighted by Crippen LogP contribution is -2.32. The lowest BCUT2D eigenvalue weighted by atomic mass is 9.91. The molecule has 1 aliphatic heterocycles. The smallest absolute Gasteiger partial charge is 0.342 e. The fraction of sp³-hybridized carbons (Fsp3) is 0.261. The van der Waals surface area contributed by atoms with E-state index >= 15 is 0 Å². The average molecular weight is 515 g/mol. The minimum atomic E-state index is -4.63. The molecule has 1 unspecified atom stereocenters. The Balaban J connectivity index is 1.56. The molecule has 4 aromatic heterocycles. The van der Waals surface area contributed by atoms with Gasteiger partial charge in [-0.3, -0.25) is 14.8 Å². The molecule has 13 heteroatoms. The SMILES string of the molecule is Cn1nccc1Nc1ncc(C(c2ccnc(NC(F)(F)F)c2)c2cc3c(s2)C(C)(C)NC3=O)cn1. The second kappa shape index (κ2) is 8.59. The number of aryl methyl sites for hydroxylation is 1. The van der Waals surface area contributed by atoms with Gasteiger partial charge in [-0.25, -0.2) is 15.0 Å². The summed E-state index contributed by atoms with van der Waals surface area (Å²) in [4.78, 5) is 26.8. The Morgan fingerprint density at radius 2 is 1.83 bits per heavy atom. The predicted molar refractivity (Wildman–Crippen MR) is 128 cm³/mol. The average Bonchev–Trinajstić information content (AvgIpc) is 3.46. The minimum absolute atomic E-state index is 0.183. The topological polar surface area (TPSA) is 110 Å². The zero-order valence-electron chi connectivity index (χ0n) is 19.4. The fourth-order valence-corrected chi connectivity index (χ4v) is 5.49. The molecule has 186 valence electrons. The van der Waals surface area contributed by atoms with Crippen LogP contribution < -0.4 is 16.0 Å². The van der Waals surface area contributed by atoms with Gasteiger partial charge in [0.1, 0.15) is 11.6 Å². The Morgan fingerprint density at radius 3 is 2.47 bits per heavy atom. The predicted octanol–water partition coefficient (Wildman–Crippen LogP) is 4.50. The van der Waals surface area contributed by atoms with Crippen molar-refractivity contribution in [3.8, 4) is 0 Å². The Labute approximate surface area is 207 Å². The van der Waals surface area contributed by atoms with Crippen molar-refractivity contribution in [2.45, 2.75) is 31.6 Å². The monoisotopic (exact) mass is 514 g/mol. The zero-order chi connectivity index (χ0) is 25.7. The van der Waals surface area contributed by atoms with Crippen molar-refractivity contribution in [3.05, 3.63) is 75.5 Å². The number of rotatable bonds is 6. The quantitative estimate of drug-likeness (QED) is 0.325. The summed E-state index contributed by atoms with van der Waals surface area (Å²) in [5.41, 5.74) is 1.20. The van der Waals surface area contributed by atoms with Crippen LogP contribution >= 0.6 is 11.3 Å². The van der Waals surface area contributed by atoms with Gasteiger partial charge in [0.05, 0.1) is 17.3 Å². The number of aromatic nitrogens is 5. The Kier molecular flexibility index (Phi) is 5.66. The van der Waals surface area contributed by atoms with Crippen LogP contribution in [0.25, 0.3) is 0 Å². The third kappa shape index (κ3) is 4.61. The highest BCUT2D eigenvalue weighted by atomic mass is 32.1. The summed E-state index contributed by atoms with van der Waals surface area (Å²) in [6.45, 7) is 3.82. The van der Waals surface area contributed by atoms with Crippen molar-refractivity contribution in [2.24, 2.45) is 7.05 Å². The van der Waals surface area contributed by atoms with Gasteiger partial charge in [-0.2, -0.15) is 18.3 Å². The summed E-state index contributed by atoms with van der Waals surface area (Å²) >= 11 is 1.43. The van der Waals surface area contributed by atoms with Crippen LogP contribution in [0.1, 0.15) is 51.0 Å². The third-order valence-electron chi connectivity index (χ3n) is 5.73. The third-order valence-corrected chi connectivity index (χ3v) is 7.25. The molecule has 5 rings (SSSR count).